The van der Waals surface area contributed by atoms with Crippen molar-refractivity contribution in [3.05, 3.63) is 15.6 Å². The predicted molar refractivity (Wildman–Crippen MR) is 85.9 cm³/mol. The van der Waals surface area contributed by atoms with E-state index < -0.39 is 0 Å². The molecular formula is C14H26N2OS2. The molecule has 110 valence electrons. The van der Waals surface area contributed by atoms with Crippen LogP contribution in [-0.2, 0) is 23.6 Å². The number of thiazole rings is 1. The number of methoxy groups -OCH3 is 1. The Balaban J connectivity index is 2.71. The highest BCUT2D eigenvalue weighted by Gasteiger charge is 2.15. The molecular weight excluding hydrogens is 276 g/mol. The molecule has 0 amide bonds. The first kappa shape index (κ1) is 17.0. The van der Waals surface area contributed by atoms with Gasteiger partial charge in [-0.05, 0) is 26.0 Å². The summed E-state index contributed by atoms with van der Waals surface area (Å²) in [6.07, 6.45) is 0. The molecule has 1 rings (SSSR count). The average molecular weight is 303 g/mol. The average Bonchev–Trinajstić information content (AvgIpc) is 2.66. The Bertz CT molecular complexity index is 383. The molecule has 0 spiro atoms. The van der Waals surface area contributed by atoms with Crippen LogP contribution in [0.2, 0.25) is 0 Å². The van der Waals surface area contributed by atoms with E-state index >= 15 is 0 Å². The van der Waals surface area contributed by atoms with Crippen LogP contribution in [-0.4, -0.2) is 22.9 Å². The lowest BCUT2D eigenvalue weighted by Gasteiger charge is -2.20. The van der Waals surface area contributed by atoms with Crippen LogP contribution < -0.4 is 5.32 Å². The van der Waals surface area contributed by atoms with Gasteiger partial charge in [0, 0.05) is 29.8 Å². The molecule has 0 saturated carbocycles. The Hall–Kier alpha value is -0.100. The summed E-state index contributed by atoms with van der Waals surface area (Å²) in [5, 5.41) is 5.37. The van der Waals surface area contributed by atoms with Gasteiger partial charge >= 0.3 is 0 Å². The summed E-state index contributed by atoms with van der Waals surface area (Å²) in [6, 6.07) is 0. The molecule has 1 aromatic rings. The van der Waals surface area contributed by atoms with Crippen LogP contribution >= 0.6 is 23.1 Å². The maximum atomic E-state index is 5.25. The molecule has 1 heterocycles. The summed E-state index contributed by atoms with van der Waals surface area (Å²) >= 11 is 3.74. The second-order valence-corrected chi connectivity index (χ2v) is 8.61. The first-order chi connectivity index (χ1) is 8.81. The van der Waals surface area contributed by atoms with Crippen molar-refractivity contribution < 1.29 is 4.74 Å². The normalized spacial score (nSPS) is 12.4. The molecule has 0 fully saturated rings. The fourth-order valence-corrected chi connectivity index (χ4v) is 3.26. The van der Waals surface area contributed by atoms with Crippen molar-refractivity contribution in [2.45, 2.75) is 64.3 Å². The van der Waals surface area contributed by atoms with Crippen LogP contribution in [0.4, 0.5) is 0 Å². The standard InChI is InChI=1S/C14H26N2OS2/c1-10(2)18-9-13-16-11(8-17-6)12(19-13)7-15-14(3,4)5/h10,15H,7-9H2,1-6H3. The van der Waals surface area contributed by atoms with E-state index in [-0.39, 0.29) is 5.54 Å². The second kappa shape index (κ2) is 7.62. The molecule has 0 bridgehead atoms. The number of aromatic nitrogens is 1. The van der Waals surface area contributed by atoms with Crippen molar-refractivity contribution >= 4 is 23.1 Å². The molecule has 19 heavy (non-hydrogen) atoms. The fourth-order valence-electron chi connectivity index (χ4n) is 1.47. The molecule has 0 atom stereocenters. The van der Waals surface area contributed by atoms with E-state index in [0.717, 1.165) is 18.0 Å². The number of ether oxygens (including phenoxy) is 1. The van der Waals surface area contributed by atoms with Crippen molar-refractivity contribution in [1.29, 1.82) is 0 Å². The lowest BCUT2D eigenvalue weighted by molar-refractivity contribution is 0.181. The third-order valence-electron chi connectivity index (χ3n) is 2.42. The summed E-state index contributed by atoms with van der Waals surface area (Å²) in [7, 11) is 1.73. The largest absolute Gasteiger partial charge is 0.378 e. The molecule has 0 aliphatic carbocycles. The molecule has 1 aromatic heterocycles. The SMILES string of the molecule is COCc1nc(CSC(C)C)sc1CNC(C)(C)C. The van der Waals surface area contributed by atoms with Gasteiger partial charge in [0.15, 0.2) is 0 Å². The van der Waals surface area contributed by atoms with E-state index in [1.807, 2.05) is 23.1 Å². The van der Waals surface area contributed by atoms with Gasteiger partial charge in [0.05, 0.1) is 12.3 Å². The van der Waals surface area contributed by atoms with Crippen LogP contribution in [0, 0.1) is 0 Å². The molecule has 0 aromatic carbocycles. The Morgan fingerprint density at radius 2 is 2.05 bits per heavy atom. The Morgan fingerprint density at radius 1 is 1.37 bits per heavy atom. The third-order valence-corrected chi connectivity index (χ3v) is 4.81. The van der Waals surface area contributed by atoms with Crippen molar-refractivity contribution in [3.8, 4) is 0 Å². The first-order valence-electron chi connectivity index (χ1n) is 6.65. The van der Waals surface area contributed by atoms with Crippen molar-refractivity contribution in [2.75, 3.05) is 7.11 Å². The number of thioether (sulfide) groups is 1. The fraction of sp³-hybridized carbons (Fsp3) is 0.786. The van der Waals surface area contributed by atoms with E-state index in [4.69, 9.17) is 9.72 Å². The number of nitrogens with one attached hydrogen (secondary N) is 1. The summed E-state index contributed by atoms with van der Waals surface area (Å²) in [6.45, 7) is 12.4. The van der Waals surface area contributed by atoms with Gasteiger partial charge in [0.2, 0.25) is 0 Å². The van der Waals surface area contributed by atoms with Gasteiger partial charge in [-0.1, -0.05) is 13.8 Å². The van der Waals surface area contributed by atoms with E-state index in [2.05, 4.69) is 39.9 Å². The maximum absolute atomic E-state index is 5.25. The van der Waals surface area contributed by atoms with E-state index in [0.29, 0.717) is 11.9 Å². The highest BCUT2D eigenvalue weighted by atomic mass is 32.2. The zero-order valence-corrected chi connectivity index (χ0v) is 14.5. The second-order valence-electron chi connectivity index (χ2n) is 5.87. The molecule has 0 unspecified atom stereocenters. The van der Waals surface area contributed by atoms with Gasteiger partial charge in [-0.25, -0.2) is 4.98 Å². The lowest BCUT2D eigenvalue weighted by Crippen LogP contribution is -2.35. The molecule has 0 aliphatic heterocycles. The van der Waals surface area contributed by atoms with Crippen LogP contribution in [0.15, 0.2) is 0 Å². The van der Waals surface area contributed by atoms with Crippen molar-refractivity contribution in [1.82, 2.24) is 10.3 Å². The minimum atomic E-state index is 0.126. The van der Waals surface area contributed by atoms with Gasteiger partial charge in [0.25, 0.3) is 0 Å². The van der Waals surface area contributed by atoms with Crippen LogP contribution in [0.1, 0.15) is 50.2 Å². The summed E-state index contributed by atoms with van der Waals surface area (Å²) in [5.41, 5.74) is 1.21. The zero-order chi connectivity index (χ0) is 14.5. The zero-order valence-electron chi connectivity index (χ0n) is 12.9. The summed E-state index contributed by atoms with van der Waals surface area (Å²) in [5.74, 6) is 0.995. The van der Waals surface area contributed by atoms with Gasteiger partial charge in [-0.2, -0.15) is 11.8 Å². The Morgan fingerprint density at radius 3 is 2.58 bits per heavy atom. The predicted octanol–water partition coefficient (Wildman–Crippen LogP) is 3.82. The Labute approximate surface area is 125 Å². The lowest BCUT2D eigenvalue weighted by atomic mass is 10.1. The van der Waals surface area contributed by atoms with Gasteiger partial charge in [-0.15, -0.1) is 11.3 Å². The summed E-state index contributed by atoms with van der Waals surface area (Å²) in [4.78, 5) is 6.01. The molecule has 5 heteroatoms. The monoisotopic (exact) mass is 302 g/mol. The van der Waals surface area contributed by atoms with Gasteiger partial charge < -0.3 is 10.1 Å². The number of rotatable bonds is 7. The molecule has 1 N–H and O–H groups in total. The number of hydrogen-bond donors (Lipinski definition) is 1. The molecule has 0 aliphatic rings. The minimum absolute atomic E-state index is 0.126. The minimum Gasteiger partial charge on any atom is -0.378 e. The van der Waals surface area contributed by atoms with Gasteiger partial charge in [0.1, 0.15) is 5.01 Å². The van der Waals surface area contributed by atoms with Crippen LogP contribution in [0.25, 0.3) is 0 Å². The topological polar surface area (TPSA) is 34.1 Å². The van der Waals surface area contributed by atoms with Crippen molar-refractivity contribution in [2.24, 2.45) is 0 Å². The highest BCUT2D eigenvalue weighted by Crippen LogP contribution is 2.25. The molecule has 0 saturated heterocycles. The van der Waals surface area contributed by atoms with Crippen LogP contribution in [0.3, 0.4) is 0 Å². The maximum Gasteiger partial charge on any atom is 0.103 e. The summed E-state index contributed by atoms with van der Waals surface area (Å²) < 4.78 is 5.25. The Kier molecular flexibility index (Phi) is 6.80. The third kappa shape index (κ3) is 6.75. The molecule has 0 radical (unpaired) electrons. The van der Waals surface area contributed by atoms with E-state index in [9.17, 15) is 0 Å². The molecule has 3 nitrogen and oxygen atoms in total. The number of nitrogens with zero attached hydrogens (tertiary/aromatic N) is 1. The van der Waals surface area contributed by atoms with Crippen molar-refractivity contribution in [3.63, 3.8) is 0 Å². The van der Waals surface area contributed by atoms with E-state index in [1.165, 1.54) is 9.88 Å². The highest BCUT2D eigenvalue weighted by molar-refractivity contribution is 7.99. The quantitative estimate of drug-likeness (QED) is 0.830. The smallest absolute Gasteiger partial charge is 0.103 e. The van der Waals surface area contributed by atoms with Gasteiger partial charge in [-0.3, -0.25) is 0 Å². The first-order valence-corrected chi connectivity index (χ1v) is 8.51. The number of hydrogen-bond acceptors (Lipinski definition) is 5. The van der Waals surface area contributed by atoms with E-state index in [1.54, 1.807) is 7.11 Å². The van der Waals surface area contributed by atoms with Crippen LogP contribution in [0.5, 0.6) is 0 Å².